The number of imide groups is 1. The molecule has 1 aromatic carbocycles. The maximum Gasteiger partial charge on any atom is 0.424 e. The second-order valence-corrected chi connectivity index (χ2v) is 9.62. The Kier molecular flexibility index (Phi) is 6.25. The van der Waals surface area contributed by atoms with Crippen LogP contribution in [-0.4, -0.2) is 51.4 Å². The zero-order chi connectivity index (χ0) is 24.7. The molecule has 1 aliphatic rings. The predicted octanol–water partition coefficient (Wildman–Crippen LogP) is 4.06. The highest BCUT2D eigenvalue weighted by molar-refractivity contribution is 6.14. The van der Waals surface area contributed by atoms with E-state index in [0.29, 0.717) is 16.2 Å². The Balaban J connectivity index is 2.26. The molecule has 0 saturated heterocycles. The summed E-state index contributed by atoms with van der Waals surface area (Å²) < 4.78 is 17.4. The Labute approximate surface area is 192 Å². The van der Waals surface area contributed by atoms with Gasteiger partial charge >= 0.3 is 18.2 Å². The first-order valence-corrected chi connectivity index (χ1v) is 10.4. The minimum atomic E-state index is -1.14. The fourth-order valence-corrected chi connectivity index (χ4v) is 3.53. The number of carbonyl (C=O) groups excluding carboxylic acids is 3. The highest BCUT2D eigenvalue weighted by atomic mass is 16.6. The lowest BCUT2D eigenvalue weighted by atomic mass is 9.90. The number of aliphatic hydroxyl groups is 1. The molecule has 0 bridgehead atoms. The maximum absolute atomic E-state index is 13.1. The van der Waals surface area contributed by atoms with Gasteiger partial charge in [-0.15, -0.1) is 0 Å². The molecule has 1 aliphatic heterocycles. The fourth-order valence-electron chi connectivity index (χ4n) is 3.53. The summed E-state index contributed by atoms with van der Waals surface area (Å²) in [5, 5.41) is 15.1. The van der Waals surface area contributed by atoms with Crippen LogP contribution in [0, 0.1) is 0 Å². The molecule has 2 amide bonds. The molecular weight excluding hydrogens is 430 g/mol. The molecule has 10 heteroatoms. The van der Waals surface area contributed by atoms with Crippen molar-refractivity contribution >= 4 is 23.8 Å². The molecular formula is C23H29N3O7. The van der Waals surface area contributed by atoms with Gasteiger partial charge in [-0.25, -0.2) is 14.4 Å². The normalized spacial score (nSPS) is 15.2. The molecule has 1 unspecified atom stereocenters. The number of benzene rings is 1. The topological polar surface area (TPSA) is 120 Å². The summed E-state index contributed by atoms with van der Waals surface area (Å²) in [6.07, 6.45) is -1.62. The molecule has 178 valence electrons. The molecule has 0 fully saturated rings. The van der Waals surface area contributed by atoms with Crippen molar-refractivity contribution in [2.75, 3.05) is 12.0 Å². The number of esters is 1. The number of amides is 2. The lowest BCUT2D eigenvalue weighted by Crippen LogP contribution is -2.44. The van der Waals surface area contributed by atoms with E-state index in [2.05, 4.69) is 5.10 Å². The Morgan fingerprint density at radius 3 is 2.12 bits per heavy atom. The largest absolute Gasteiger partial charge is 0.465 e. The van der Waals surface area contributed by atoms with Gasteiger partial charge in [-0.1, -0.05) is 6.07 Å². The monoisotopic (exact) mass is 459 g/mol. The predicted molar refractivity (Wildman–Crippen MR) is 119 cm³/mol. The van der Waals surface area contributed by atoms with Crippen LogP contribution in [0.3, 0.4) is 0 Å². The van der Waals surface area contributed by atoms with Gasteiger partial charge in [0.2, 0.25) is 0 Å². The number of aliphatic hydroxyl groups excluding tert-OH is 1. The first-order chi connectivity index (χ1) is 15.2. The first-order valence-electron chi connectivity index (χ1n) is 10.4. The van der Waals surface area contributed by atoms with Crippen molar-refractivity contribution in [3.05, 3.63) is 35.5 Å². The summed E-state index contributed by atoms with van der Waals surface area (Å²) in [5.41, 5.74) is -0.671. The van der Waals surface area contributed by atoms with Crippen LogP contribution in [0.25, 0.3) is 11.3 Å². The van der Waals surface area contributed by atoms with E-state index >= 15 is 0 Å². The molecule has 0 saturated carbocycles. The number of methoxy groups -OCH3 is 1. The maximum atomic E-state index is 13.1. The number of aromatic nitrogens is 2. The number of anilines is 1. The van der Waals surface area contributed by atoms with Crippen LogP contribution in [0.5, 0.6) is 0 Å². The average Bonchev–Trinajstić information content (AvgIpc) is 3.13. The van der Waals surface area contributed by atoms with Crippen molar-refractivity contribution in [3.63, 3.8) is 0 Å². The van der Waals surface area contributed by atoms with Crippen molar-refractivity contribution in [1.29, 1.82) is 0 Å². The second kappa shape index (κ2) is 8.51. The van der Waals surface area contributed by atoms with Crippen LogP contribution in [0.15, 0.2) is 24.4 Å². The van der Waals surface area contributed by atoms with Gasteiger partial charge in [0.05, 0.1) is 30.6 Å². The van der Waals surface area contributed by atoms with Gasteiger partial charge < -0.3 is 19.3 Å². The van der Waals surface area contributed by atoms with Crippen molar-refractivity contribution in [2.24, 2.45) is 0 Å². The summed E-state index contributed by atoms with van der Waals surface area (Å²) in [7, 11) is 1.18. The van der Waals surface area contributed by atoms with Crippen LogP contribution in [0.2, 0.25) is 0 Å². The standard InChI is InChI=1S/C23H29N3O7/c1-22(2,3)32-20(29)26(21(30)33-23(4,5)6)15-9-8-13-14-10-11-24-25(14)12-16(27)17(13)18(15)19(28)31-7/h8-11,16,27H,12H2,1-7H3. The Morgan fingerprint density at radius 1 is 1.03 bits per heavy atom. The van der Waals surface area contributed by atoms with Gasteiger partial charge in [-0.2, -0.15) is 10.00 Å². The lowest BCUT2D eigenvalue weighted by Gasteiger charge is -2.31. The third-order valence-corrected chi connectivity index (χ3v) is 4.68. The van der Waals surface area contributed by atoms with Gasteiger partial charge in [0, 0.05) is 17.3 Å². The van der Waals surface area contributed by atoms with E-state index in [-0.39, 0.29) is 23.4 Å². The zero-order valence-electron chi connectivity index (χ0n) is 19.8. The number of ether oxygens (including phenoxy) is 3. The minimum absolute atomic E-state index is 0.0850. The molecule has 33 heavy (non-hydrogen) atoms. The Hall–Kier alpha value is -3.40. The van der Waals surface area contributed by atoms with E-state index < -0.39 is 35.5 Å². The Bertz CT molecular complexity index is 1060. The third kappa shape index (κ3) is 5.00. The molecule has 0 radical (unpaired) electrons. The number of carbonyl (C=O) groups is 3. The molecule has 1 aromatic heterocycles. The van der Waals surface area contributed by atoms with Crippen molar-refractivity contribution in [2.45, 2.75) is 65.4 Å². The fraction of sp³-hybridized carbons (Fsp3) is 0.478. The van der Waals surface area contributed by atoms with Crippen molar-refractivity contribution in [3.8, 4) is 11.3 Å². The highest BCUT2D eigenvalue weighted by Gasteiger charge is 2.39. The van der Waals surface area contributed by atoms with E-state index in [9.17, 15) is 19.5 Å². The highest BCUT2D eigenvalue weighted by Crippen LogP contribution is 2.41. The molecule has 0 spiro atoms. The SMILES string of the molecule is COC(=O)c1c(N(C(=O)OC(C)(C)C)C(=O)OC(C)(C)C)ccc2c1C(O)Cn1nccc1-2. The van der Waals surface area contributed by atoms with E-state index in [1.807, 2.05) is 0 Å². The van der Waals surface area contributed by atoms with Gasteiger partial charge in [-0.05, 0) is 53.7 Å². The number of hydrogen-bond donors (Lipinski definition) is 1. The molecule has 1 atom stereocenters. The van der Waals surface area contributed by atoms with Gasteiger partial charge in [0.15, 0.2) is 0 Å². The molecule has 3 rings (SSSR count). The lowest BCUT2D eigenvalue weighted by molar-refractivity contribution is 0.0430. The molecule has 1 N–H and O–H groups in total. The Morgan fingerprint density at radius 2 is 1.61 bits per heavy atom. The van der Waals surface area contributed by atoms with Gasteiger partial charge in [0.25, 0.3) is 0 Å². The second-order valence-electron chi connectivity index (χ2n) is 9.62. The van der Waals surface area contributed by atoms with E-state index in [1.165, 1.54) is 13.2 Å². The third-order valence-electron chi connectivity index (χ3n) is 4.68. The number of fused-ring (bicyclic) bond motifs is 3. The smallest absolute Gasteiger partial charge is 0.424 e. The van der Waals surface area contributed by atoms with E-state index in [1.54, 1.807) is 64.6 Å². The van der Waals surface area contributed by atoms with E-state index in [4.69, 9.17) is 14.2 Å². The van der Waals surface area contributed by atoms with Crippen molar-refractivity contribution in [1.82, 2.24) is 9.78 Å². The molecule has 10 nitrogen and oxygen atoms in total. The molecule has 2 heterocycles. The quantitative estimate of drug-likeness (QED) is 0.527. The van der Waals surface area contributed by atoms with Crippen LogP contribution in [0.4, 0.5) is 15.3 Å². The number of rotatable bonds is 2. The summed E-state index contributed by atoms with van der Waals surface area (Å²) in [4.78, 5) is 39.9. The van der Waals surface area contributed by atoms with E-state index in [0.717, 1.165) is 0 Å². The first kappa shape index (κ1) is 24.2. The average molecular weight is 459 g/mol. The molecule has 0 aliphatic carbocycles. The van der Waals surface area contributed by atoms with Crippen LogP contribution >= 0.6 is 0 Å². The van der Waals surface area contributed by atoms with Crippen LogP contribution < -0.4 is 4.90 Å². The summed E-state index contributed by atoms with van der Waals surface area (Å²) in [5.74, 6) is -0.828. The number of hydrogen-bond acceptors (Lipinski definition) is 8. The zero-order valence-corrected chi connectivity index (χ0v) is 19.8. The minimum Gasteiger partial charge on any atom is -0.465 e. The van der Waals surface area contributed by atoms with Gasteiger partial charge in [0.1, 0.15) is 17.3 Å². The van der Waals surface area contributed by atoms with Gasteiger partial charge in [-0.3, -0.25) is 4.68 Å². The van der Waals surface area contributed by atoms with Crippen molar-refractivity contribution < 1.29 is 33.7 Å². The summed E-state index contributed by atoms with van der Waals surface area (Å²) in [6.45, 7) is 9.98. The summed E-state index contributed by atoms with van der Waals surface area (Å²) in [6, 6.07) is 4.77. The van der Waals surface area contributed by atoms with Crippen LogP contribution in [-0.2, 0) is 20.8 Å². The van der Waals surface area contributed by atoms with Crippen LogP contribution in [0.1, 0.15) is 63.6 Å². The number of nitrogens with zero attached hydrogens (tertiary/aromatic N) is 3. The molecule has 2 aromatic rings. The summed E-state index contributed by atoms with van der Waals surface area (Å²) >= 11 is 0.